The fraction of sp³-hybridized carbons (Fsp3) is 0.725. The molecule has 1 aliphatic rings. The Bertz CT molecular complexity index is 1380. The van der Waals surface area contributed by atoms with Crippen molar-refractivity contribution in [2.24, 2.45) is 23.2 Å². The maximum absolute atomic E-state index is 14.3. The molecule has 0 bridgehead atoms. The highest BCUT2D eigenvalue weighted by Gasteiger charge is 2.46. The molecule has 1 aliphatic heterocycles. The zero-order chi connectivity index (χ0) is 37.8. The summed E-state index contributed by atoms with van der Waals surface area (Å²) in [7, 11) is -4.05. The smallest absolute Gasteiger partial charge is 0.306 e. The van der Waals surface area contributed by atoms with E-state index in [9.17, 15) is 9.59 Å². The van der Waals surface area contributed by atoms with Crippen LogP contribution in [0.1, 0.15) is 120 Å². The topological polar surface area (TPSA) is 74.7 Å². The van der Waals surface area contributed by atoms with Gasteiger partial charge in [0.2, 0.25) is 0 Å². The Balaban J connectivity index is 2.41. The van der Waals surface area contributed by atoms with E-state index in [1.54, 1.807) is 11.3 Å². The molecular formula is C40H69NO5SSi2. The van der Waals surface area contributed by atoms with Gasteiger partial charge >= 0.3 is 5.97 Å². The summed E-state index contributed by atoms with van der Waals surface area (Å²) in [6, 6.07) is 0. The molecule has 0 saturated heterocycles. The summed E-state index contributed by atoms with van der Waals surface area (Å²) in [5, 5.41) is 3.14. The number of ketones is 1. The van der Waals surface area contributed by atoms with Crippen molar-refractivity contribution >= 4 is 45.8 Å². The van der Waals surface area contributed by atoms with Gasteiger partial charge in [0.25, 0.3) is 0 Å². The second kappa shape index (κ2) is 16.8. The predicted molar refractivity (Wildman–Crippen MR) is 213 cm³/mol. The first-order valence-corrected chi connectivity index (χ1v) is 24.9. The van der Waals surface area contributed by atoms with Gasteiger partial charge in [-0.25, -0.2) is 4.98 Å². The number of carbonyl (C=O) groups excluding carboxylic acids is 2. The van der Waals surface area contributed by atoms with Gasteiger partial charge in [0.05, 0.1) is 18.4 Å². The van der Waals surface area contributed by atoms with Crippen molar-refractivity contribution in [2.75, 3.05) is 0 Å². The van der Waals surface area contributed by atoms with Crippen molar-refractivity contribution < 1.29 is 23.2 Å². The SMILES string of the molecule is C/C1=C/CC(/C(C)=C/c2csc(CO[Si](C)(C)C(C)(C)C)n2)OC(=O)C[C@H](C)C(C)(C)C(=O)C(C)[C@@H](O[Si](C)(C)C(C)(C)C)[C@@H](C)/C=C/C1. The number of cyclic esters (lactones) is 1. The summed E-state index contributed by atoms with van der Waals surface area (Å²) in [4.78, 5) is 32.7. The van der Waals surface area contributed by atoms with Gasteiger partial charge in [-0.05, 0) is 80.0 Å². The maximum Gasteiger partial charge on any atom is 0.306 e. The first-order chi connectivity index (χ1) is 22.2. The second-order valence-corrected chi connectivity index (χ2v) is 28.7. The third-order valence-electron chi connectivity index (χ3n) is 11.7. The van der Waals surface area contributed by atoms with E-state index >= 15 is 0 Å². The van der Waals surface area contributed by atoms with E-state index in [2.05, 4.69) is 99.8 Å². The average molecular weight is 732 g/mol. The summed E-state index contributed by atoms with van der Waals surface area (Å²) < 4.78 is 19.6. The zero-order valence-corrected chi connectivity index (χ0v) is 36.8. The Hall–Kier alpha value is -1.66. The van der Waals surface area contributed by atoms with Gasteiger partial charge in [0, 0.05) is 29.6 Å². The molecular weight excluding hydrogens is 663 g/mol. The maximum atomic E-state index is 14.3. The predicted octanol–water partition coefficient (Wildman–Crippen LogP) is 11.6. The Morgan fingerprint density at radius 2 is 1.63 bits per heavy atom. The zero-order valence-electron chi connectivity index (χ0n) is 34.0. The number of allylic oxidation sites excluding steroid dienone is 2. The van der Waals surface area contributed by atoms with Gasteiger partial charge in [-0.15, -0.1) is 11.3 Å². The van der Waals surface area contributed by atoms with Crippen molar-refractivity contribution in [1.82, 2.24) is 4.98 Å². The molecule has 0 fully saturated rings. The molecule has 49 heavy (non-hydrogen) atoms. The summed E-state index contributed by atoms with van der Waals surface area (Å²) >= 11 is 1.60. The lowest BCUT2D eigenvalue weighted by atomic mass is 9.69. The summed E-state index contributed by atoms with van der Waals surface area (Å²) in [6.45, 7) is 37.2. The highest BCUT2D eigenvalue weighted by atomic mass is 32.1. The molecule has 2 unspecified atom stereocenters. The van der Waals surface area contributed by atoms with Crippen LogP contribution in [0.2, 0.25) is 36.3 Å². The largest absolute Gasteiger partial charge is 0.457 e. The van der Waals surface area contributed by atoms with Crippen LogP contribution in [0.25, 0.3) is 6.08 Å². The van der Waals surface area contributed by atoms with Gasteiger partial charge in [-0.3, -0.25) is 9.59 Å². The molecule has 5 atom stereocenters. The van der Waals surface area contributed by atoms with E-state index in [1.807, 2.05) is 46.1 Å². The van der Waals surface area contributed by atoms with Gasteiger partial charge in [0.15, 0.2) is 16.6 Å². The second-order valence-electron chi connectivity index (χ2n) is 18.2. The minimum atomic E-state index is -2.17. The van der Waals surface area contributed by atoms with E-state index in [4.69, 9.17) is 18.6 Å². The average Bonchev–Trinajstić information content (AvgIpc) is 3.41. The van der Waals surface area contributed by atoms with Crippen molar-refractivity contribution in [3.05, 3.63) is 45.5 Å². The highest BCUT2D eigenvalue weighted by molar-refractivity contribution is 7.09. The molecule has 2 heterocycles. The van der Waals surface area contributed by atoms with Gasteiger partial charge in [-0.1, -0.05) is 100.0 Å². The van der Waals surface area contributed by atoms with E-state index in [-0.39, 0.29) is 52.1 Å². The first kappa shape index (κ1) is 43.5. The summed E-state index contributed by atoms with van der Waals surface area (Å²) in [5.41, 5.74) is 2.24. The lowest BCUT2D eigenvalue weighted by Crippen LogP contribution is -2.50. The van der Waals surface area contributed by atoms with Crippen LogP contribution in [-0.4, -0.2) is 45.6 Å². The third kappa shape index (κ3) is 11.9. The van der Waals surface area contributed by atoms with E-state index in [1.165, 1.54) is 5.57 Å². The molecule has 6 nitrogen and oxygen atoms in total. The number of ether oxygens (including phenoxy) is 1. The van der Waals surface area contributed by atoms with Crippen LogP contribution in [0, 0.1) is 23.2 Å². The number of hydrogen-bond donors (Lipinski definition) is 0. The molecule has 278 valence electrons. The number of thiazole rings is 1. The number of Topliss-reactive ketones (excluding diaryl/α,β-unsaturated/α-hetero) is 1. The van der Waals surface area contributed by atoms with Crippen LogP contribution >= 0.6 is 11.3 Å². The van der Waals surface area contributed by atoms with Gasteiger partial charge in [0.1, 0.15) is 16.9 Å². The minimum absolute atomic E-state index is 0.0182. The van der Waals surface area contributed by atoms with Crippen molar-refractivity contribution in [3.63, 3.8) is 0 Å². The quantitative estimate of drug-likeness (QED) is 0.158. The molecule has 0 N–H and O–H groups in total. The van der Waals surface area contributed by atoms with Crippen LogP contribution in [-0.2, 0) is 29.8 Å². The van der Waals surface area contributed by atoms with E-state index in [0.29, 0.717) is 13.0 Å². The lowest BCUT2D eigenvalue weighted by molar-refractivity contribution is -0.150. The summed E-state index contributed by atoms with van der Waals surface area (Å²) in [5.74, 6) is -0.657. The molecule has 0 aromatic carbocycles. The molecule has 2 rings (SSSR count). The number of carbonyl (C=O) groups is 2. The van der Waals surface area contributed by atoms with Crippen molar-refractivity contribution in [3.8, 4) is 0 Å². The highest BCUT2D eigenvalue weighted by Crippen LogP contribution is 2.42. The van der Waals surface area contributed by atoms with Gasteiger partial charge < -0.3 is 13.6 Å². The van der Waals surface area contributed by atoms with Crippen LogP contribution < -0.4 is 0 Å². The number of hydrogen-bond acceptors (Lipinski definition) is 7. The molecule has 0 amide bonds. The fourth-order valence-electron chi connectivity index (χ4n) is 5.41. The normalized spacial score (nSPS) is 27.7. The molecule has 0 radical (unpaired) electrons. The van der Waals surface area contributed by atoms with Crippen LogP contribution in [0.4, 0.5) is 0 Å². The fourth-order valence-corrected chi connectivity index (χ4v) is 8.56. The lowest BCUT2D eigenvalue weighted by Gasteiger charge is -2.43. The Morgan fingerprint density at radius 3 is 2.20 bits per heavy atom. The molecule has 1 aromatic heterocycles. The molecule has 0 saturated carbocycles. The minimum Gasteiger partial charge on any atom is -0.457 e. The van der Waals surface area contributed by atoms with Crippen LogP contribution in [0.15, 0.2) is 34.8 Å². The summed E-state index contributed by atoms with van der Waals surface area (Å²) in [6.07, 6.45) is 9.44. The number of aromatic nitrogens is 1. The van der Waals surface area contributed by atoms with Crippen LogP contribution in [0.3, 0.4) is 0 Å². The third-order valence-corrected chi connectivity index (χ3v) is 21.4. The van der Waals surface area contributed by atoms with Gasteiger partial charge in [-0.2, -0.15) is 0 Å². The van der Waals surface area contributed by atoms with E-state index in [0.717, 1.165) is 22.7 Å². The Morgan fingerprint density at radius 1 is 1.04 bits per heavy atom. The van der Waals surface area contributed by atoms with E-state index < -0.39 is 28.2 Å². The number of esters is 1. The standard InChI is InChI=1S/C40H69NO5SSi2/c1-27-19-18-20-28(2)36(46-49(16,17)39(9,10)11)31(5)37(43)40(12,13)30(4)24-35(42)45-33(22-21-27)29(3)23-32-26-47-34(41-32)25-44-48(14,15)38(6,7)8/h18,20-21,23,26,28,30-31,33,36H,19,22,24-25H2,1-17H3/b20-18+,27-21-,29-23+/t28-,30-,31?,33?,36-/m0/s1. The molecule has 1 aromatic rings. The van der Waals surface area contributed by atoms with Crippen LogP contribution in [0.5, 0.6) is 0 Å². The Labute approximate surface area is 305 Å². The number of nitrogens with zero attached hydrogens (tertiary/aromatic N) is 1. The first-order valence-electron chi connectivity index (χ1n) is 18.2. The molecule has 0 aliphatic carbocycles. The monoisotopic (exact) mass is 731 g/mol. The van der Waals surface area contributed by atoms with Crippen molar-refractivity contribution in [2.45, 2.75) is 164 Å². The van der Waals surface area contributed by atoms with Crippen molar-refractivity contribution in [1.29, 1.82) is 0 Å². The molecule has 9 heteroatoms. The molecule has 0 spiro atoms. The Kier molecular flexibility index (Phi) is 14.9. The number of rotatable bonds is 7.